The zero-order valence-electron chi connectivity index (χ0n) is 17.2. The molecule has 1 aliphatic heterocycles. The fourth-order valence-corrected chi connectivity index (χ4v) is 3.63. The van der Waals surface area contributed by atoms with Gasteiger partial charge in [0.2, 0.25) is 5.88 Å². The molecule has 0 spiro atoms. The summed E-state index contributed by atoms with van der Waals surface area (Å²) in [5.41, 5.74) is 0.948. The Bertz CT molecular complexity index is 1260. The third kappa shape index (κ3) is 4.33. The number of aryl methyl sites for hydroxylation is 1. The summed E-state index contributed by atoms with van der Waals surface area (Å²) >= 11 is 0. The smallest absolute Gasteiger partial charge is 0.269 e. The zero-order valence-corrected chi connectivity index (χ0v) is 17.2. The van der Waals surface area contributed by atoms with Gasteiger partial charge in [-0.2, -0.15) is 10.2 Å². The number of carbonyl (C=O) groups is 1. The lowest BCUT2D eigenvalue weighted by Gasteiger charge is -2.26. The van der Waals surface area contributed by atoms with Gasteiger partial charge >= 0.3 is 0 Å². The Morgan fingerprint density at radius 1 is 1.16 bits per heavy atom. The molecule has 4 rings (SSSR count). The Morgan fingerprint density at radius 2 is 1.97 bits per heavy atom. The van der Waals surface area contributed by atoms with Crippen molar-refractivity contribution in [3.05, 3.63) is 75.7 Å². The highest BCUT2D eigenvalue weighted by atomic mass is 16.5. The number of likely N-dealkylation sites (tertiary alicyclic amines) is 1. The van der Waals surface area contributed by atoms with Gasteiger partial charge in [-0.1, -0.05) is 18.2 Å². The van der Waals surface area contributed by atoms with E-state index in [9.17, 15) is 14.9 Å². The van der Waals surface area contributed by atoms with Crippen molar-refractivity contribution >= 4 is 17.6 Å². The van der Waals surface area contributed by atoms with E-state index in [4.69, 9.17) is 4.74 Å². The van der Waals surface area contributed by atoms with Gasteiger partial charge in [0.05, 0.1) is 0 Å². The third-order valence-electron chi connectivity index (χ3n) is 5.22. The van der Waals surface area contributed by atoms with E-state index in [1.807, 2.05) is 31.2 Å². The van der Waals surface area contributed by atoms with Crippen LogP contribution in [0.2, 0.25) is 0 Å². The van der Waals surface area contributed by atoms with Gasteiger partial charge in [-0.3, -0.25) is 14.0 Å². The van der Waals surface area contributed by atoms with E-state index in [0.29, 0.717) is 24.5 Å². The lowest BCUT2D eigenvalue weighted by Crippen LogP contribution is -2.36. The summed E-state index contributed by atoms with van der Waals surface area (Å²) in [7, 11) is 0. The zero-order chi connectivity index (χ0) is 21.8. The summed E-state index contributed by atoms with van der Waals surface area (Å²) in [6, 6.07) is 14.5. The first kappa shape index (κ1) is 20.4. The standard InChI is InChI=1S/C24H22N4O3/c1-17-8-7-9-19(14-17)31-22-20(24(30)28-13-6-3-10-21(28)26-22)15-18(16-25)23(29)27-11-4-2-5-12-27/h3,6-10,13-15H,2,4-5,11-12H2,1H3. The summed E-state index contributed by atoms with van der Waals surface area (Å²) in [6.07, 6.45) is 5.78. The lowest BCUT2D eigenvalue weighted by molar-refractivity contribution is -0.127. The molecule has 2 aromatic heterocycles. The third-order valence-corrected chi connectivity index (χ3v) is 5.22. The maximum Gasteiger partial charge on any atom is 0.269 e. The van der Waals surface area contributed by atoms with Crippen molar-refractivity contribution < 1.29 is 9.53 Å². The molecule has 0 atom stereocenters. The van der Waals surface area contributed by atoms with E-state index in [1.165, 1.54) is 10.5 Å². The molecule has 0 bridgehead atoms. The lowest BCUT2D eigenvalue weighted by atomic mass is 10.1. The average Bonchev–Trinajstić information content (AvgIpc) is 2.79. The van der Waals surface area contributed by atoms with Crippen LogP contribution in [0.15, 0.2) is 59.0 Å². The van der Waals surface area contributed by atoms with Crippen LogP contribution in [-0.4, -0.2) is 33.3 Å². The fraction of sp³-hybridized carbons (Fsp3) is 0.250. The number of hydrogen-bond acceptors (Lipinski definition) is 5. The fourth-order valence-electron chi connectivity index (χ4n) is 3.63. The summed E-state index contributed by atoms with van der Waals surface area (Å²) in [5, 5.41) is 9.67. The molecule has 0 aliphatic carbocycles. The Morgan fingerprint density at radius 3 is 2.71 bits per heavy atom. The molecule has 1 fully saturated rings. The molecule has 0 unspecified atom stereocenters. The summed E-state index contributed by atoms with van der Waals surface area (Å²) in [4.78, 5) is 32.2. The van der Waals surface area contributed by atoms with Gasteiger partial charge in [0, 0.05) is 19.3 Å². The summed E-state index contributed by atoms with van der Waals surface area (Å²) < 4.78 is 7.32. The quantitative estimate of drug-likeness (QED) is 0.480. The second-order valence-corrected chi connectivity index (χ2v) is 7.51. The van der Waals surface area contributed by atoms with Gasteiger partial charge < -0.3 is 9.64 Å². The van der Waals surface area contributed by atoms with Crippen LogP contribution in [0.25, 0.3) is 11.7 Å². The number of carbonyl (C=O) groups excluding carboxylic acids is 1. The molecular formula is C24H22N4O3. The van der Waals surface area contributed by atoms with E-state index in [-0.39, 0.29) is 22.9 Å². The Balaban J connectivity index is 1.83. The van der Waals surface area contributed by atoms with Crippen molar-refractivity contribution in [2.75, 3.05) is 13.1 Å². The molecule has 3 aromatic rings. The molecule has 3 heterocycles. The highest BCUT2D eigenvalue weighted by molar-refractivity contribution is 6.02. The van der Waals surface area contributed by atoms with Crippen LogP contribution >= 0.6 is 0 Å². The number of benzene rings is 1. The molecule has 156 valence electrons. The van der Waals surface area contributed by atoms with Crippen molar-refractivity contribution in [3.8, 4) is 17.7 Å². The molecular weight excluding hydrogens is 392 g/mol. The number of nitriles is 1. The minimum Gasteiger partial charge on any atom is -0.438 e. The highest BCUT2D eigenvalue weighted by Gasteiger charge is 2.22. The first-order chi connectivity index (χ1) is 15.1. The van der Waals surface area contributed by atoms with Crippen LogP contribution in [-0.2, 0) is 4.79 Å². The number of fused-ring (bicyclic) bond motifs is 1. The molecule has 1 saturated heterocycles. The van der Waals surface area contributed by atoms with Crippen molar-refractivity contribution in [3.63, 3.8) is 0 Å². The number of nitrogens with zero attached hydrogens (tertiary/aromatic N) is 4. The van der Waals surface area contributed by atoms with Crippen LogP contribution in [0.1, 0.15) is 30.4 Å². The van der Waals surface area contributed by atoms with Gasteiger partial charge in [-0.15, -0.1) is 0 Å². The van der Waals surface area contributed by atoms with Gasteiger partial charge in [-0.05, 0) is 62.1 Å². The second kappa shape index (κ2) is 8.84. The first-order valence-corrected chi connectivity index (χ1v) is 10.2. The van der Waals surface area contributed by atoms with E-state index in [2.05, 4.69) is 4.98 Å². The van der Waals surface area contributed by atoms with Gasteiger partial charge in [-0.25, -0.2) is 0 Å². The van der Waals surface area contributed by atoms with E-state index >= 15 is 0 Å². The van der Waals surface area contributed by atoms with Crippen LogP contribution in [0.4, 0.5) is 0 Å². The predicted octanol–water partition coefficient (Wildman–Crippen LogP) is 3.71. The molecule has 1 aromatic carbocycles. The number of amides is 1. The Hall–Kier alpha value is -3.92. The minimum absolute atomic E-state index is 0.0565. The first-order valence-electron chi connectivity index (χ1n) is 10.2. The number of piperidine rings is 1. The van der Waals surface area contributed by atoms with E-state index in [1.54, 1.807) is 35.4 Å². The van der Waals surface area contributed by atoms with Crippen molar-refractivity contribution in [1.29, 1.82) is 5.26 Å². The molecule has 0 N–H and O–H groups in total. The molecule has 1 amide bonds. The highest BCUT2D eigenvalue weighted by Crippen LogP contribution is 2.25. The minimum atomic E-state index is -0.410. The largest absolute Gasteiger partial charge is 0.438 e. The topological polar surface area (TPSA) is 87.7 Å². The van der Waals surface area contributed by atoms with Crippen LogP contribution in [0.5, 0.6) is 11.6 Å². The van der Waals surface area contributed by atoms with Crippen molar-refractivity contribution in [1.82, 2.24) is 14.3 Å². The SMILES string of the molecule is Cc1cccc(Oc2nc3ccccn3c(=O)c2C=C(C#N)C(=O)N2CCCCC2)c1. The van der Waals surface area contributed by atoms with Gasteiger partial charge in [0.25, 0.3) is 11.5 Å². The van der Waals surface area contributed by atoms with Crippen LogP contribution in [0.3, 0.4) is 0 Å². The normalized spacial score (nSPS) is 14.3. The number of pyridine rings is 1. The Kier molecular flexibility index (Phi) is 5.80. The number of aromatic nitrogens is 2. The monoisotopic (exact) mass is 414 g/mol. The summed E-state index contributed by atoms with van der Waals surface area (Å²) in [6.45, 7) is 3.15. The molecule has 0 radical (unpaired) electrons. The molecule has 31 heavy (non-hydrogen) atoms. The molecule has 1 aliphatic rings. The van der Waals surface area contributed by atoms with E-state index in [0.717, 1.165) is 24.8 Å². The van der Waals surface area contributed by atoms with Crippen LogP contribution in [0, 0.1) is 18.3 Å². The van der Waals surface area contributed by atoms with E-state index < -0.39 is 5.56 Å². The number of rotatable bonds is 4. The van der Waals surface area contributed by atoms with Gasteiger partial charge in [0.1, 0.15) is 28.6 Å². The molecule has 0 saturated carbocycles. The maximum absolute atomic E-state index is 13.2. The Labute approximate surface area is 179 Å². The summed E-state index contributed by atoms with van der Waals surface area (Å²) in [5.74, 6) is 0.199. The van der Waals surface area contributed by atoms with Crippen molar-refractivity contribution in [2.45, 2.75) is 26.2 Å². The predicted molar refractivity (Wildman–Crippen MR) is 117 cm³/mol. The molecule has 7 nitrogen and oxygen atoms in total. The second-order valence-electron chi connectivity index (χ2n) is 7.51. The maximum atomic E-state index is 13.2. The van der Waals surface area contributed by atoms with Crippen LogP contribution < -0.4 is 10.3 Å². The molecule has 7 heteroatoms. The van der Waals surface area contributed by atoms with Gasteiger partial charge in [0.15, 0.2) is 0 Å². The average molecular weight is 414 g/mol. The number of hydrogen-bond donors (Lipinski definition) is 0. The number of ether oxygens (including phenoxy) is 1. The van der Waals surface area contributed by atoms with Crippen molar-refractivity contribution in [2.24, 2.45) is 0 Å².